The fourth-order valence-electron chi connectivity index (χ4n) is 5.79. The monoisotopic (exact) mass is 810 g/mol. The summed E-state index contributed by atoms with van der Waals surface area (Å²) >= 11 is 1.55. The molecule has 15 nitrogen and oxygen atoms in total. The van der Waals surface area contributed by atoms with E-state index < -0.39 is 43.5 Å². The number of ether oxygens (including phenoxy) is 1. The number of amides is 1. The summed E-state index contributed by atoms with van der Waals surface area (Å²) in [6, 6.07) is 21.3. The number of hydrogen-bond donors (Lipinski definition) is 3. The average molecular weight is 811 g/mol. The van der Waals surface area contributed by atoms with Crippen LogP contribution in [0.5, 0.6) is 11.5 Å². The van der Waals surface area contributed by atoms with Gasteiger partial charge in [-0.15, -0.1) is 35.1 Å². The van der Waals surface area contributed by atoms with Gasteiger partial charge in [-0.3, -0.25) is 24.8 Å². The molecule has 3 N–H and O–H groups in total. The number of carbonyl (C=O) groups is 1. The van der Waals surface area contributed by atoms with Gasteiger partial charge in [0.2, 0.25) is 0 Å². The zero-order valence-corrected chi connectivity index (χ0v) is 30.9. The molecule has 1 aliphatic rings. The highest BCUT2D eigenvalue weighted by Gasteiger charge is 2.32. The molecule has 1 amide bonds. The largest absolute Gasteiger partial charge is 0.573 e. The Balaban J connectivity index is 1.04. The van der Waals surface area contributed by atoms with Crippen LogP contribution in [0.25, 0.3) is 11.1 Å². The van der Waals surface area contributed by atoms with Crippen molar-refractivity contribution < 1.29 is 41.2 Å². The molecule has 0 atom stereocenters. The highest BCUT2D eigenvalue weighted by Crippen LogP contribution is 2.32. The molecular formula is C36H33F3N8O7S2. The summed E-state index contributed by atoms with van der Waals surface area (Å²) in [5, 5.41) is 32.6. The van der Waals surface area contributed by atoms with Crippen LogP contribution in [-0.4, -0.2) is 89.3 Å². The van der Waals surface area contributed by atoms with Crippen LogP contribution in [0, 0.1) is 10.1 Å². The number of aromatic hydroxyl groups is 1. The fraction of sp³-hybridized carbons (Fsp3) is 0.222. The van der Waals surface area contributed by atoms with E-state index in [1.165, 1.54) is 48.8 Å². The van der Waals surface area contributed by atoms with Crippen LogP contribution in [0.15, 0.2) is 107 Å². The van der Waals surface area contributed by atoms with Gasteiger partial charge >= 0.3 is 6.36 Å². The summed E-state index contributed by atoms with van der Waals surface area (Å²) in [4.78, 5) is 32.3. The number of nitro benzene ring substituents is 1. The topological polar surface area (TPSA) is 193 Å². The SMILES string of the molecule is O=C(NS(=O)(=O)c1ccc(NCCSc2ccccc2)c([N+](=O)[O-])c1)c1ccc(N2CCN(Cc3cc(OC(F)(F)F)cc(-c4cncc(O)c4)c3)CC2)nn1. The van der Waals surface area contributed by atoms with Gasteiger partial charge < -0.3 is 20.1 Å². The third-order valence-electron chi connectivity index (χ3n) is 8.38. The minimum Gasteiger partial charge on any atom is -0.506 e. The van der Waals surface area contributed by atoms with Gasteiger partial charge in [0, 0.05) is 67.7 Å². The Morgan fingerprint density at radius 2 is 1.71 bits per heavy atom. The number of nitro groups is 1. The Hall–Kier alpha value is -5.99. The number of aromatic nitrogens is 3. The van der Waals surface area contributed by atoms with Crippen LogP contribution in [-0.2, 0) is 16.6 Å². The number of pyridine rings is 1. The number of thioether (sulfide) groups is 1. The van der Waals surface area contributed by atoms with Crippen LogP contribution >= 0.6 is 11.8 Å². The van der Waals surface area contributed by atoms with Crippen molar-refractivity contribution >= 4 is 44.9 Å². The fourth-order valence-corrected chi connectivity index (χ4v) is 7.56. The molecule has 5 aromatic rings. The standard InChI is InChI=1S/C36H33F3N8O7S2/c37-36(38,39)54-28-17-24(16-25(19-28)26-18-27(48)22-40-21-26)23-45-11-13-46(14-12-45)34-9-8-32(42-43-34)35(49)44-56(52,53)30-6-7-31(33(20-30)47(50)51)41-10-15-55-29-4-2-1-3-5-29/h1-9,16-22,41,48H,10-15,23H2,(H,44,49). The first-order valence-electron chi connectivity index (χ1n) is 16.8. The lowest BCUT2D eigenvalue weighted by atomic mass is 10.0. The normalized spacial score (nSPS) is 13.6. The Labute approximate surface area is 322 Å². The molecule has 20 heteroatoms. The minimum atomic E-state index is -4.90. The van der Waals surface area contributed by atoms with E-state index in [2.05, 4.69) is 25.2 Å². The van der Waals surface area contributed by atoms with Gasteiger partial charge in [0.15, 0.2) is 11.5 Å². The van der Waals surface area contributed by atoms with Crippen molar-refractivity contribution in [3.8, 4) is 22.6 Å². The summed E-state index contributed by atoms with van der Waals surface area (Å²) < 4.78 is 71.5. The highest BCUT2D eigenvalue weighted by atomic mass is 32.2. The van der Waals surface area contributed by atoms with E-state index in [0.29, 0.717) is 61.0 Å². The molecule has 3 aromatic carbocycles. The van der Waals surface area contributed by atoms with Crippen molar-refractivity contribution in [1.29, 1.82) is 0 Å². The van der Waals surface area contributed by atoms with Crippen LogP contribution < -0.4 is 19.7 Å². The lowest BCUT2D eigenvalue weighted by Gasteiger charge is -2.35. The maximum absolute atomic E-state index is 13.1. The molecule has 292 valence electrons. The Kier molecular flexibility index (Phi) is 12.2. The minimum absolute atomic E-state index is 0.123. The molecule has 0 unspecified atom stereocenters. The smallest absolute Gasteiger partial charge is 0.506 e. The predicted molar refractivity (Wildman–Crippen MR) is 201 cm³/mol. The number of nitrogens with one attached hydrogen (secondary N) is 2. The molecule has 2 aromatic heterocycles. The van der Waals surface area contributed by atoms with Gasteiger partial charge in [0.25, 0.3) is 21.6 Å². The Morgan fingerprint density at radius 1 is 0.946 bits per heavy atom. The first-order valence-corrected chi connectivity index (χ1v) is 19.3. The summed E-state index contributed by atoms with van der Waals surface area (Å²) in [7, 11) is -4.53. The van der Waals surface area contributed by atoms with Gasteiger partial charge in [0.1, 0.15) is 17.2 Å². The lowest BCUT2D eigenvalue weighted by Crippen LogP contribution is -2.46. The maximum Gasteiger partial charge on any atom is 0.573 e. The van der Waals surface area contributed by atoms with Gasteiger partial charge in [0.05, 0.1) is 16.0 Å². The third-order valence-corrected chi connectivity index (χ3v) is 10.7. The average Bonchev–Trinajstić information content (AvgIpc) is 3.16. The van der Waals surface area contributed by atoms with Crippen molar-refractivity contribution in [2.24, 2.45) is 0 Å². The molecule has 0 saturated carbocycles. The van der Waals surface area contributed by atoms with E-state index >= 15 is 0 Å². The van der Waals surface area contributed by atoms with E-state index in [1.807, 2.05) is 44.9 Å². The van der Waals surface area contributed by atoms with E-state index in [9.17, 15) is 41.6 Å². The summed E-state index contributed by atoms with van der Waals surface area (Å²) in [6.07, 6.45) is -2.27. The lowest BCUT2D eigenvalue weighted by molar-refractivity contribution is -0.384. The molecule has 0 radical (unpaired) electrons. The van der Waals surface area contributed by atoms with Crippen LogP contribution in [0.1, 0.15) is 16.1 Å². The molecule has 0 aliphatic carbocycles. The van der Waals surface area contributed by atoms with Crippen LogP contribution in [0.3, 0.4) is 0 Å². The maximum atomic E-state index is 13.1. The quantitative estimate of drug-likeness (QED) is 0.0536. The third kappa shape index (κ3) is 10.6. The zero-order chi connectivity index (χ0) is 39.9. The number of sulfonamides is 1. The van der Waals surface area contributed by atoms with Gasteiger partial charge in [-0.1, -0.05) is 18.2 Å². The number of anilines is 2. The number of piperazine rings is 1. The molecule has 0 spiro atoms. The van der Waals surface area contributed by atoms with E-state index in [0.717, 1.165) is 17.0 Å². The number of hydrogen-bond acceptors (Lipinski definition) is 14. The molecule has 3 heterocycles. The Bertz CT molecular complexity index is 2300. The Morgan fingerprint density at radius 3 is 2.39 bits per heavy atom. The number of benzene rings is 3. The second-order valence-electron chi connectivity index (χ2n) is 12.3. The number of nitrogens with zero attached hydrogens (tertiary/aromatic N) is 6. The zero-order valence-electron chi connectivity index (χ0n) is 29.2. The van der Waals surface area contributed by atoms with Crippen molar-refractivity contribution in [1.82, 2.24) is 24.8 Å². The molecule has 56 heavy (non-hydrogen) atoms. The van der Waals surface area contributed by atoms with E-state index in [-0.39, 0.29) is 23.7 Å². The van der Waals surface area contributed by atoms with Crippen LogP contribution in [0.2, 0.25) is 0 Å². The van der Waals surface area contributed by atoms with E-state index in [4.69, 9.17) is 0 Å². The first kappa shape index (κ1) is 39.7. The second-order valence-corrected chi connectivity index (χ2v) is 15.2. The molecular weight excluding hydrogens is 778 g/mol. The number of rotatable bonds is 14. The number of carbonyl (C=O) groups excluding carboxylic acids is 1. The van der Waals surface area contributed by atoms with Gasteiger partial charge in [-0.2, -0.15) is 0 Å². The molecule has 1 saturated heterocycles. The van der Waals surface area contributed by atoms with Crippen molar-refractivity contribution in [2.75, 3.05) is 48.7 Å². The number of alkyl halides is 3. The first-order chi connectivity index (χ1) is 26.7. The number of halogens is 3. The van der Waals surface area contributed by atoms with Crippen molar-refractivity contribution in [3.05, 3.63) is 119 Å². The summed E-state index contributed by atoms with van der Waals surface area (Å²) in [5.74, 6) is -0.635. The molecule has 0 bridgehead atoms. The molecule has 1 fully saturated rings. The predicted octanol–water partition coefficient (Wildman–Crippen LogP) is 5.70. The van der Waals surface area contributed by atoms with Crippen molar-refractivity contribution in [2.45, 2.75) is 22.7 Å². The molecule has 1 aliphatic heterocycles. The highest BCUT2D eigenvalue weighted by molar-refractivity contribution is 7.99. The summed E-state index contributed by atoms with van der Waals surface area (Å²) in [6.45, 7) is 2.54. The molecule has 6 rings (SSSR count). The van der Waals surface area contributed by atoms with Gasteiger partial charge in [-0.05, 0) is 71.8 Å². The van der Waals surface area contributed by atoms with Crippen LogP contribution in [0.4, 0.5) is 30.4 Å². The van der Waals surface area contributed by atoms with E-state index in [1.54, 1.807) is 17.8 Å². The summed E-state index contributed by atoms with van der Waals surface area (Å²) in [5.41, 5.74) is 0.671. The second kappa shape index (κ2) is 17.2. The van der Waals surface area contributed by atoms with Gasteiger partial charge in [-0.25, -0.2) is 13.1 Å². The van der Waals surface area contributed by atoms with Crippen molar-refractivity contribution in [3.63, 3.8) is 0 Å².